The minimum absolute atomic E-state index is 0.157. The molecule has 0 saturated heterocycles. The highest BCUT2D eigenvalue weighted by Gasteiger charge is 2.17. The predicted molar refractivity (Wildman–Crippen MR) is 88.6 cm³/mol. The Hall–Kier alpha value is -2.19. The number of hydrogen-bond donors (Lipinski definition) is 1. The highest BCUT2D eigenvalue weighted by Crippen LogP contribution is 2.29. The maximum Gasteiger partial charge on any atom is 0.0598 e. The summed E-state index contributed by atoms with van der Waals surface area (Å²) in [5, 5.41) is 5.88. The summed E-state index contributed by atoms with van der Waals surface area (Å²) < 4.78 is 0. The first-order chi connectivity index (χ1) is 10.2. The molecule has 1 heterocycles. The smallest absolute Gasteiger partial charge is 0.0598 e. The molecule has 0 bridgehead atoms. The Bertz CT molecular complexity index is 772. The maximum absolute atomic E-state index is 4.41. The minimum Gasteiger partial charge on any atom is -0.309 e. The average molecular weight is 276 g/mol. The van der Waals surface area contributed by atoms with Gasteiger partial charge < -0.3 is 5.32 Å². The summed E-state index contributed by atoms with van der Waals surface area (Å²) in [5.74, 6) is 0. The normalized spacial score (nSPS) is 12.5. The number of aryl methyl sites for hydroxylation is 2. The molecule has 3 rings (SSSR count). The molecule has 21 heavy (non-hydrogen) atoms. The summed E-state index contributed by atoms with van der Waals surface area (Å²) in [6.07, 6.45) is 3.90. The van der Waals surface area contributed by atoms with Crippen LogP contribution in [0, 0.1) is 13.8 Å². The second kappa shape index (κ2) is 5.66. The van der Waals surface area contributed by atoms with Gasteiger partial charge in [-0.25, -0.2) is 0 Å². The van der Waals surface area contributed by atoms with Gasteiger partial charge in [-0.2, -0.15) is 0 Å². The SMILES string of the molecule is CNC(c1ccc(C)cc1C)c1cncc2ccccc12. The van der Waals surface area contributed by atoms with Crippen molar-refractivity contribution in [2.45, 2.75) is 19.9 Å². The molecule has 0 fully saturated rings. The van der Waals surface area contributed by atoms with E-state index in [1.807, 2.05) is 19.4 Å². The van der Waals surface area contributed by atoms with Crippen LogP contribution in [0.25, 0.3) is 10.8 Å². The van der Waals surface area contributed by atoms with Crippen LogP contribution in [0.5, 0.6) is 0 Å². The van der Waals surface area contributed by atoms with Gasteiger partial charge in [0.05, 0.1) is 6.04 Å². The van der Waals surface area contributed by atoms with Gasteiger partial charge in [0.2, 0.25) is 0 Å². The van der Waals surface area contributed by atoms with Crippen molar-refractivity contribution in [3.8, 4) is 0 Å². The van der Waals surface area contributed by atoms with E-state index in [9.17, 15) is 0 Å². The molecule has 0 aliphatic carbocycles. The number of pyridine rings is 1. The van der Waals surface area contributed by atoms with Crippen LogP contribution in [0.15, 0.2) is 54.9 Å². The molecule has 1 atom stereocenters. The maximum atomic E-state index is 4.41. The van der Waals surface area contributed by atoms with Gasteiger partial charge in [0.15, 0.2) is 0 Å². The van der Waals surface area contributed by atoms with Gasteiger partial charge in [-0.15, -0.1) is 0 Å². The molecule has 2 aromatic carbocycles. The number of benzene rings is 2. The summed E-state index contributed by atoms with van der Waals surface area (Å²) >= 11 is 0. The average Bonchev–Trinajstić information content (AvgIpc) is 2.50. The van der Waals surface area contributed by atoms with Gasteiger partial charge in [0.25, 0.3) is 0 Å². The van der Waals surface area contributed by atoms with E-state index >= 15 is 0 Å². The fourth-order valence-corrected chi connectivity index (χ4v) is 3.00. The fourth-order valence-electron chi connectivity index (χ4n) is 3.00. The van der Waals surface area contributed by atoms with Crippen LogP contribution in [-0.2, 0) is 0 Å². The zero-order chi connectivity index (χ0) is 14.8. The van der Waals surface area contributed by atoms with E-state index in [0.29, 0.717) is 0 Å². The third-order valence-electron chi connectivity index (χ3n) is 4.04. The van der Waals surface area contributed by atoms with Gasteiger partial charge in [0, 0.05) is 17.8 Å². The summed E-state index contributed by atoms with van der Waals surface area (Å²) in [6, 6.07) is 15.2. The minimum atomic E-state index is 0.157. The molecule has 0 aliphatic rings. The van der Waals surface area contributed by atoms with E-state index in [1.165, 1.54) is 33.0 Å². The van der Waals surface area contributed by atoms with E-state index < -0.39 is 0 Å². The van der Waals surface area contributed by atoms with Crippen molar-refractivity contribution in [3.63, 3.8) is 0 Å². The lowest BCUT2D eigenvalue weighted by atomic mass is 9.92. The largest absolute Gasteiger partial charge is 0.309 e. The quantitative estimate of drug-likeness (QED) is 0.777. The first-order valence-corrected chi connectivity index (χ1v) is 7.28. The van der Waals surface area contributed by atoms with Crippen molar-refractivity contribution in [1.29, 1.82) is 0 Å². The highest BCUT2D eigenvalue weighted by molar-refractivity contribution is 5.85. The molecular weight excluding hydrogens is 256 g/mol. The molecule has 3 aromatic rings. The van der Waals surface area contributed by atoms with E-state index in [4.69, 9.17) is 0 Å². The van der Waals surface area contributed by atoms with Crippen LogP contribution >= 0.6 is 0 Å². The van der Waals surface area contributed by atoms with Crippen molar-refractivity contribution in [1.82, 2.24) is 10.3 Å². The number of fused-ring (bicyclic) bond motifs is 1. The molecule has 1 unspecified atom stereocenters. The number of aromatic nitrogens is 1. The fraction of sp³-hybridized carbons (Fsp3) is 0.211. The zero-order valence-corrected chi connectivity index (χ0v) is 12.7. The lowest BCUT2D eigenvalue weighted by molar-refractivity contribution is 0.689. The van der Waals surface area contributed by atoms with Gasteiger partial charge in [0.1, 0.15) is 0 Å². The molecule has 0 amide bonds. The lowest BCUT2D eigenvalue weighted by Crippen LogP contribution is -2.19. The molecular formula is C19H20N2. The standard InChI is InChI=1S/C19H20N2/c1-13-8-9-16(14(2)10-13)19(20-3)18-12-21-11-15-6-4-5-7-17(15)18/h4-12,19-20H,1-3H3. The third kappa shape index (κ3) is 2.55. The Labute approximate surface area is 125 Å². The van der Waals surface area contributed by atoms with Crippen LogP contribution in [-0.4, -0.2) is 12.0 Å². The van der Waals surface area contributed by atoms with Gasteiger partial charge in [-0.05, 0) is 43.0 Å². The summed E-state index contributed by atoms with van der Waals surface area (Å²) in [7, 11) is 2.01. The number of rotatable bonds is 3. The summed E-state index contributed by atoms with van der Waals surface area (Å²) in [6.45, 7) is 4.30. The Balaban J connectivity index is 2.18. The molecule has 0 aliphatic heterocycles. The lowest BCUT2D eigenvalue weighted by Gasteiger charge is -2.21. The molecule has 1 aromatic heterocycles. The van der Waals surface area contributed by atoms with Crippen LogP contribution in [0.2, 0.25) is 0 Å². The molecule has 2 heteroatoms. The van der Waals surface area contributed by atoms with Gasteiger partial charge in [-0.1, -0.05) is 48.0 Å². The van der Waals surface area contributed by atoms with Crippen LogP contribution in [0.4, 0.5) is 0 Å². The zero-order valence-electron chi connectivity index (χ0n) is 12.7. The van der Waals surface area contributed by atoms with E-state index in [-0.39, 0.29) is 6.04 Å². The monoisotopic (exact) mass is 276 g/mol. The number of nitrogens with one attached hydrogen (secondary N) is 1. The molecule has 2 nitrogen and oxygen atoms in total. The van der Waals surface area contributed by atoms with Crippen molar-refractivity contribution in [3.05, 3.63) is 77.1 Å². The Morgan fingerprint density at radius 1 is 0.952 bits per heavy atom. The molecule has 1 N–H and O–H groups in total. The predicted octanol–water partition coefficient (Wildman–Crippen LogP) is 4.16. The molecule has 0 spiro atoms. The highest BCUT2D eigenvalue weighted by atomic mass is 14.9. The first kappa shape index (κ1) is 13.8. The molecule has 106 valence electrons. The van der Waals surface area contributed by atoms with Crippen molar-refractivity contribution in [2.24, 2.45) is 0 Å². The van der Waals surface area contributed by atoms with E-state index in [0.717, 1.165) is 0 Å². The van der Waals surface area contributed by atoms with Gasteiger partial charge in [-0.3, -0.25) is 4.98 Å². The second-order valence-corrected chi connectivity index (χ2v) is 5.53. The third-order valence-corrected chi connectivity index (χ3v) is 4.04. The number of nitrogens with zero attached hydrogens (tertiary/aromatic N) is 1. The second-order valence-electron chi connectivity index (χ2n) is 5.53. The van der Waals surface area contributed by atoms with Crippen molar-refractivity contribution < 1.29 is 0 Å². The van der Waals surface area contributed by atoms with Crippen molar-refractivity contribution >= 4 is 10.8 Å². The summed E-state index contributed by atoms with van der Waals surface area (Å²) in [4.78, 5) is 4.41. The van der Waals surface area contributed by atoms with Crippen LogP contribution < -0.4 is 5.32 Å². The van der Waals surface area contributed by atoms with Gasteiger partial charge >= 0.3 is 0 Å². The Kier molecular flexibility index (Phi) is 3.72. The van der Waals surface area contributed by atoms with Crippen LogP contribution in [0.3, 0.4) is 0 Å². The molecule has 0 radical (unpaired) electrons. The summed E-state index contributed by atoms with van der Waals surface area (Å²) in [5.41, 5.74) is 5.13. The van der Waals surface area contributed by atoms with E-state index in [1.54, 1.807) is 0 Å². The van der Waals surface area contributed by atoms with Crippen LogP contribution in [0.1, 0.15) is 28.3 Å². The number of hydrogen-bond acceptors (Lipinski definition) is 2. The topological polar surface area (TPSA) is 24.9 Å². The Morgan fingerprint density at radius 3 is 2.52 bits per heavy atom. The Morgan fingerprint density at radius 2 is 1.76 bits per heavy atom. The molecule has 0 saturated carbocycles. The van der Waals surface area contributed by atoms with E-state index in [2.05, 4.69) is 66.6 Å². The van der Waals surface area contributed by atoms with Crippen molar-refractivity contribution in [2.75, 3.05) is 7.05 Å². The first-order valence-electron chi connectivity index (χ1n) is 7.28.